The van der Waals surface area contributed by atoms with Crippen LogP contribution in [0.4, 0.5) is 4.79 Å². The molecule has 0 aromatic heterocycles. The van der Waals surface area contributed by atoms with Gasteiger partial charge in [0.25, 0.3) is 5.91 Å². The Morgan fingerprint density at radius 2 is 1.82 bits per heavy atom. The lowest BCUT2D eigenvalue weighted by Crippen LogP contribution is -2.43. The lowest BCUT2D eigenvalue weighted by molar-refractivity contribution is -0.134. The number of urea groups is 1. The Balaban J connectivity index is 1.50. The zero-order valence-corrected chi connectivity index (χ0v) is 16.0. The summed E-state index contributed by atoms with van der Waals surface area (Å²) < 4.78 is 5.48. The molecule has 146 valence electrons. The van der Waals surface area contributed by atoms with Gasteiger partial charge in [0.2, 0.25) is 5.91 Å². The van der Waals surface area contributed by atoms with Crippen LogP contribution in [-0.4, -0.2) is 42.4 Å². The minimum absolute atomic E-state index is 0.237. The number of nitrogens with one attached hydrogen (secondary N) is 2. The maximum absolute atomic E-state index is 12.7. The van der Waals surface area contributed by atoms with Crippen molar-refractivity contribution in [3.63, 3.8) is 0 Å². The zero-order chi connectivity index (χ0) is 20.1. The highest BCUT2D eigenvalue weighted by molar-refractivity contribution is 6.30. The smallest absolute Gasteiger partial charge is 0.325 e. The van der Waals surface area contributed by atoms with E-state index in [4.69, 9.17) is 16.3 Å². The number of ether oxygens (including phenoxy) is 1. The van der Waals surface area contributed by atoms with Crippen molar-refractivity contribution in [2.24, 2.45) is 0 Å². The van der Waals surface area contributed by atoms with E-state index in [9.17, 15) is 14.4 Å². The average Bonchev–Trinajstić information content (AvgIpc) is 2.91. The van der Waals surface area contributed by atoms with Gasteiger partial charge in [-0.25, -0.2) is 4.79 Å². The van der Waals surface area contributed by atoms with Gasteiger partial charge >= 0.3 is 6.03 Å². The van der Waals surface area contributed by atoms with E-state index in [0.29, 0.717) is 16.3 Å². The van der Waals surface area contributed by atoms with Crippen LogP contribution in [0.1, 0.15) is 12.5 Å². The van der Waals surface area contributed by atoms with E-state index < -0.39 is 23.4 Å². The second-order valence-corrected chi connectivity index (χ2v) is 6.90. The molecule has 7 nitrogen and oxygen atoms in total. The molecule has 1 heterocycles. The van der Waals surface area contributed by atoms with Crippen LogP contribution in [0.25, 0.3) is 0 Å². The first-order chi connectivity index (χ1) is 13.4. The standard InChI is InChI=1S/C20H20ClN3O4/c1-20(14-5-3-2-4-6-14)18(26)24(19(27)23-20)13-17(25)22-11-12-28-16-9-7-15(21)8-10-16/h2-10H,11-13H2,1H3,(H,22,25)(H,23,27). The number of carbonyl (C=O) groups excluding carboxylic acids is 3. The van der Waals surface area contributed by atoms with Crippen LogP contribution in [0.5, 0.6) is 5.75 Å². The zero-order valence-electron chi connectivity index (χ0n) is 15.3. The minimum Gasteiger partial charge on any atom is -0.492 e. The molecule has 1 saturated heterocycles. The molecule has 2 N–H and O–H groups in total. The molecule has 2 aromatic carbocycles. The molecule has 0 saturated carbocycles. The molecule has 1 atom stereocenters. The Labute approximate surface area is 167 Å². The first-order valence-electron chi connectivity index (χ1n) is 8.75. The molecule has 0 bridgehead atoms. The molecule has 1 fully saturated rings. The summed E-state index contributed by atoms with van der Waals surface area (Å²) in [4.78, 5) is 38.0. The van der Waals surface area contributed by atoms with Gasteiger partial charge in [0.1, 0.15) is 24.4 Å². The van der Waals surface area contributed by atoms with Crippen LogP contribution in [-0.2, 0) is 15.1 Å². The van der Waals surface area contributed by atoms with Gasteiger partial charge in [0, 0.05) is 5.02 Å². The number of halogens is 1. The number of hydrogen-bond donors (Lipinski definition) is 2. The van der Waals surface area contributed by atoms with E-state index in [1.165, 1.54) is 0 Å². The normalized spacial score (nSPS) is 18.7. The number of hydrogen-bond acceptors (Lipinski definition) is 4. The van der Waals surface area contributed by atoms with Crippen molar-refractivity contribution in [2.45, 2.75) is 12.5 Å². The number of imide groups is 1. The van der Waals surface area contributed by atoms with Crippen molar-refractivity contribution in [2.75, 3.05) is 19.7 Å². The molecule has 1 unspecified atom stereocenters. The lowest BCUT2D eigenvalue weighted by atomic mass is 9.92. The molecular formula is C20H20ClN3O4. The number of carbonyl (C=O) groups is 3. The van der Waals surface area contributed by atoms with Gasteiger partial charge < -0.3 is 15.4 Å². The fraction of sp³-hybridized carbons (Fsp3) is 0.250. The van der Waals surface area contributed by atoms with Crippen LogP contribution in [0.15, 0.2) is 54.6 Å². The summed E-state index contributed by atoms with van der Waals surface area (Å²) in [5.74, 6) is -0.275. The van der Waals surface area contributed by atoms with Crippen molar-refractivity contribution < 1.29 is 19.1 Å². The van der Waals surface area contributed by atoms with Gasteiger partial charge in [-0.2, -0.15) is 0 Å². The molecule has 0 aliphatic carbocycles. The molecule has 1 aliphatic heterocycles. The molecular weight excluding hydrogens is 382 g/mol. The summed E-state index contributed by atoms with van der Waals surface area (Å²) in [5.41, 5.74) is -0.524. The highest BCUT2D eigenvalue weighted by Crippen LogP contribution is 2.28. The Bertz CT molecular complexity index is 873. The van der Waals surface area contributed by atoms with Crippen LogP contribution < -0.4 is 15.4 Å². The SMILES string of the molecule is CC1(c2ccccc2)NC(=O)N(CC(=O)NCCOc2ccc(Cl)cc2)C1=O. The quantitative estimate of drug-likeness (QED) is 0.550. The molecule has 1 aliphatic rings. The number of benzene rings is 2. The fourth-order valence-electron chi connectivity index (χ4n) is 2.90. The number of rotatable bonds is 7. The molecule has 0 spiro atoms. The van der Waals surface area contributed by atoms with Gasteiger partial charge in [0.05, 0.1) is 6.54 Å². The lowest BCUT2D eigenvalue weighted by Gasteiger charge is -2.22. The second kappa shape index (κ2) is 8.31. The summed E-state index contributed by atoms with van der Waals surface area (Å²) >= 11 is 5.80. The number of nitrogens with zero attached hydrogens (tertiary/aromatic N) is 1. The molecule has 2 aromatic rings. The van der Waals surface area contributed by atoms with E-state index in [0.717, 1.165) is 4.90 Å². The van der Waals surface area contributed by atoms with E-state index in [2.05, 4.69) is 10.6 Å². The fourth-order valence-corrected chi connectivity index (χ4v) is 3.02. The Hall–Kier alpha value is -3.06. The van der Waals surface area contributed by atoms with Gasteiger partial charge in [-0.1, -0.05) is 41.9 Å². The molecule has 8 heteroatoms. The topological polar surface area (TPSA) is 87.7 Å². The van der Waals surface area contributed by atoms with Crippen molar-refractivity contribution in [1.29, 1.82) is 0 Å². The summed E-state index contributed by atoms with van der Waals surface area (Å²) in [6, 6.07) is 15.2. The monoisotopic (exact) mass is 401 g/mol. The van der Waals surface area contributed by atoms with Crippen LogP contribution in [0.2, 0.25) is 5.02 Å². The van der Waals surface area contributed by atoms with Gasteiger partial charge in [-0.05, 0) is 36.8 Å². The predicted molar refractivity (Wildman–Crippen MR) is 104 cm³/mol. The van der Waals surface area contributed by atoms with Crippen LogP contribution in [0.3, 0.4) is 0 Å². The largest absolute Gasteiger partial charge is 0.492 e. The maximum Gasteiger partial charge on any atom is 0.325 e. The third-order valence-electron chi connectivity index (χ3n) is 4.43. The molecule has 4 amide bonds. The average molecular weight is 402 g/mol. The Kier molecular flexibility index (Phi) is 5.84. The van der Waals surface area contributed by atoms with E-state index >= 15 is 0 Å². The maximum atomic E-state index is 12.7. The first-order valence-corrected chi connectivity index (χ1v) is 9.12. The van der Waals surface area contributed by atoms with Crippen molar-refractivity contribution in [3.8, 4) is 5.75 Å². The minimum atomic E-state index is -1.18. The summed E-state index contributed by atoms with van der Waals surface area (Å²) in [6.07, 6.45) is 0. The first kappa shape index (κ1) is 19.7. The van der Waals surface area contributed by atoms with Crippen LogP contribution in [0, 0.1) is 0 Å². The van der Waals surface area contributed by atoms with Crippen LogP contribution >= 0.6 is 11.6 Å². The highest BCUT2D eigenvalue weighted by atomic mass is 35.5. The molecule has 28 heavy (non-hydrogen) atoms. The third kappa shape index (κ3) is 4.26. The van der Waals surface area contributed by atoms with E-state index in [1.807, 2.05) is 6.07 Å². The molecule has 3 rings (SSSR count). The van der Waals surface area contributed by atoms with E-state index in [-0.39, 0.29) is 19.7 Å². The highest BCUT2D eigenvalue weighted by Gasteiger charge is 2.49. The predicted octanol–water partition coefficient (Wildman–Crippen LogP) is 2.30. The van der Waals surface area contributed by atoms with Gasteiger partial charge in [-0.15, -0.1) is 0 Å². The summed E-state index contributed by atoms with van der Waals surface area (Å²) in [6.45, 7) is 1.75. The summed E-state index contributed by atoms with van der Waals surface area (Å²) in [5, 5.41) is 5.91. The van der Waals surface area contributed by atoms with Crippen molar-refractivity contribution in [1.82, 2.24) is 15.5 Å². The number of amides is 4. The Morgan fingerprint density at radius 1 is 1.14 bits per heavy atom. The van der Waals surface area contributed by atoms with Crippen molar-refractivity contribution >= 4 is 29.4 Å². The Morgan fingerprint density at radius 3 is 2.50 bits per heavy atom. The van der Waals surface area contributed by atoms with E-state index in [1.54, 1.807) is 55.5 Å². The molecule has 0 radical (unpaired) electrons. The van der Waals surface area contributed by atoms with Gasteiger partial charge in [0.15, 0.2) is 0 Å². The third-order valence-corrected chi connectivity index (χ3v) is 4.69. The van der Waals surface area contributed by atoms with Crippen molar-refractivity contribution in [3.05, 3.63) is 65.2 Å². The summed E-state index contributed by atoms with van der Waals surface area (Å²) in [7, 11) is 0. The second-order valence-electron chi connectivity index (χ2n) is 6.46. The van der Waals surface area contributed by atoms with Gasteiger partial charge in [-0.3, -0.25) is 14.5 Å².